The lowest BCUT2D eigenvalue weighted by atomic mass is 10.1. The summed E-state index contributed by atoms with van der Waals surface area (Å²) in [6.45, 7) is 0. The summed E-state index contributed by atoms with van der Waals surface area (Å²) >= 11 is 0. The van der Waals surface area contributed by atoms with Gasteiger partial charge in [-0.25, -0.2) is 5.10 Å². The van der Waals surface area contributed by atoms with E-state index in [0.29, 0.717) is 11.4 Å². The molecule has 1 aromatic heterocycles. The van der Waals surface area contributed by atoms with E-state index in [4.69, 9.17) is 5.11 Å². The van der Waals surface area contributed by atoms with Crippen molar-refractivity contribution >= 4 is 5.69 Å². The second kappa shape index (κ2) is 3.97. The van der Waals surface area contributed by atoms with E-state index >= 15 is 0 Å². The number of aromatic nitrogens is 3. The van der Waals surface area contributed by atoms with Crippen LogP contribution in [0.25, 0.3) is 0 Å². The molecule has 1 heterocycles. The monoisotopic (exact) mass is 220 g/mol. The van der Waals surface area contributed by atoms with Crippen molar-refractivity contribution in [3.63, 3.8) is 0 Å². The third-order valence-electron chi connectivity index (χ3n) is 2.06. The number of H-pyrrole nitrogens is 1. The molecule has 0 aliphatic heterocycles. The van der Waals surface area contributed by atoms with E-state index in [0.717, 1.165) is 0 Å². The number of aromatic amines is 1. The Hall–Kier alpha value is -2.44. The molecule has 16 heavy (non-hydrogen) atoms. The van der Waals surface area contributed by atoms with E-state index in [9.17, 15) is 10.1 Å². The minimum atomic E-state index is -0.457. The van der Waals surface area contributed by atoms with Gasteiger partial charge in [0.1, 0.15) is 0 Å². The number of hydrogen-bond donors (Lipinski definition) is 2. The molecule has 0 saturated carbocycles. The van der Waals surface area contributed by atoms with Gasteiger partial charge in [-0.1, -0.05) is 18.2 Å². The van der Waals surface area contributed by atoms with Crippen molar-refractivity contribution in [3.05, 3.63) is 45.8 Å². The SMILES string of the molecule is O=[N+]([O-])c1ccccc1Cc1n[nH]c(O)n1. The molecule has 0 radical (unpaired) electrons. The summed E-state index contributed by atoms with van der Waals surface area (Å²) in [5.74, 6) is 0.312. The fourth-order valence-corrected chi connectivity index (χ4v) is 1.37. The molecule has 2 aromatic rings. The largest absolute Gasteiger partial charge is 0.479 e. The van der Waals surface area contributed by atoms with Crippen LogP contribution in [0.4, 0.5) is 5.69 Å². The van der Waals surface area contributed by atoms with Gasteiger partial charge in [0.2, 0.25) is 0 Å². The highest BCUT2D eigenvalue weighted by molar-refractivity contribution is 5.41. The molecule has 0 saturated heterocycles. The molecule has 0 unspecified atom stereocenters. The molecule has 0 aliphatic rings. The fourth-order valence-electron chi connectivity index (χ4n) is 1.37. The first kappa shape index (κ1) is 10.1. The van der Waals surface area contributed by atoms with Crippen LogP contribution >= 0.6 is 0 Å². The number of hydrogen-bond acceptors (Lipinski definition) is 5. The third kappa shape index (κ3) is 1.97. The highest BCUT2D eigenvalue weighted by Crippen LogP contribution is 2.19. The van der Waals surface area contributed by atoms with Crippen LogP contribution in [0.15, 0.2) is 24.3 Å². The van der Waals surface area contributed by atoms with E-state index in [1.165, 1.54) is 6.07 Å². The number of nitro benzene ring substituents is 1. The predicted octanol–water partition coefficient (Wildman–Crippen LogP) is 1.01. The molecule has 0 spiro atoms. The Bertz CT molecular complexity index is 523. The van der Waals surface area contributed by atoms with E-state index in [1.54, 1.807) is 18.2 Å². The summed E-state index contributed by atoms with van der Waals surface area (Å²) in [5.41, 5.74) is 0.526. The molecule has 7 nitrogen and oxygen atoms in total. The van der Waals surface area contributed by atoms with E-state index in [-0.39, 0.29) is 18.1 Å². The van der Waals surface area contributed by atoms with Crippen LogP contribution < -0.4 is 0 Å². The van der Waals surface area contributed by atoms with Gasteiger partial charge in [0.05, 0.1) is 4.92 Å². The zero-order chi connectivity index (χ0) is 11.5. The predicted molar refractivity (Wildman–Crippen MR) is 53.9 cm³/mol. The number of nitro groups is 1. The van der Waals surface area contributed by atoms with Gasteiger partial charge in [0.15, 0.2) is 5.82 Å². The summed E-state index contributed by atoms with van der Waals surface area (Å²) in [7, 11) is 0. The Kier molecular flexibility index (Phi) is 2.50. The number of benzene rings is 1. The van der Waals surface area contributed by atoms with Crippen LogP contribution in [-0.2, 0) is 6.42 Å². The highest BCUT2D eigenvalue weighted by Gasteiger charge is 2.14. The van der Waals surface area contributed by atoms with Gasteiger partial charge in [-0.3, -0.25) is 10.1 Å². The fraction of sp³-hybridized carbons (Fsp3) is 0.111. The Morgan fingerprint density at radius 3 is 2.81 bits per heavy atom. The van der Waals surface area contributed by atoms with Crippen LogP contribution in [0.1, 0.15) is 11.4 Å². The molecule has 2 N–H and O–H groups in total. The van der Waals surface area contributed by atoms with Crippen molar-refractivity contribution in [1.29, 1.82) is 0 Å². The summed E-state index contributed by atoms with van der Waals surface area (Å²) < 4.78 is 0. The van der Waals surface area contributed by atoms with Crippen LogP contribution in [0.5, 0.6) is 6.01 Å². The quantitative estimate of drug-likeness (QED) is 0.593. The van der Waals surface area contributed by atoms with Crippen LogP contribution in [0.3, 0.4) is 0 Å². The molecule has 2 rings (SSSR count). The molecule has 1 aromatic carbocycles. The van der Waals surface area contributed by atoms with E-state index in [1.807, 2.05) is 0 Å². The lowest BCUT2D eigenvalue weighted by Gasteiger charge is -1.98. The van der Waals surface area contributed by atoms with Crippen molar-refractivity contribution in [2.45, 2.75) is 6.42 Å². The first-order valence-corrected chi connectivity index (χ1v) is 4.49. The van der Waals surface area contributed by atoms with E-state index < -0.39 is 4.92 Å². The standard InChI is InChI=1S/C9H8N4O3/c14-9-10-8(11-12-9)5-6-3-1-2-4-7(6)13(15)16/h1-4H,5H2,(H2,10,11,12,14). The Morgan fingerprint density at radius 2 is 2.19 bits per heavy atom. The van der Waals surface area contributed by atoms with Gasteiger partial charge in [0, 0.05) is 18.1 Å². The Labute approximate surface area is 89.9 Å². The van der Waals surface area contributed by atoms with Crippen LogP contribution in [0.2, 0.25) is 0 Å². The number of rotatable bonds is 3. The van der Waals surface area contributed by atoms with Crippen molar-refractivity contribution in [2.24, 2.45) is 0 Å². The maximum atomic E-state index is 10.7. The third-order valence-corrected chi connectivity index (χ3v) is 2.06. The maximum Gasteiger partial charge on any atom is 0.309 e. The maximum absolute atomic E-state index is 10.7. The van der Waals surface area contributed by atoms with Crippen molar-refractivity contribution in [1.82, 2.24) is 15.2 Å². The van der Waals surface area contributed by atoms with Crippen LogP contribution in [0, 0.1) is 10.1 Å². The molecular weight excluding hydrogens is 212 g/mol. The molecule has 0 fully saturated rings. The zero-order valence-corrected chi connectivity index (χ0v) is 8.12. The second-order valence-corrected chi connectivity index (χ2v) is 3.14. The number of nitrogens with one attached hydrogen (secondary N) is 1. The molecule has 7 heteroatoms. The van der Waals surface area contributed by atoms with Gasteiger partial charge in [-0.15, -0.1) is 0 Å². The summed E-state index contributed by atoms with van der Waals surface area (Å²) in [6, 6.07) is 6.05. The molecular formula is C9H8N4O3. The lowest BCUT2D eigenvalue weighted by Crippen LogP contribution is -1.97. The first-order valence-electron chi connectivity index (χ1n) is 4.49. The average Bonchev–Trinajstić information content (AvgIpc) is 2.64. The van der Waals surface area contributed by atoms with Crippen molar-refractivity contribution in [2.75, 3.05) is 0 Å². The van der Waals surface area contributed by atoms with Crippen molar-refractivity contribution in [3.8, 4) is 6.01 Å². The number of nitrogens with zero attached hydrogens (tertiary/aromatic N) is 3. The van der Waals surface area contributed by atoms with Crippen LogP contribution in [-0.4, -0.2) is 25.2 Å². The molecule has 0 atom stereocenters. The number of aromatic hydroxyl groups is 1. The molecule has 0 bridgehead atoms. The van der Waals surface area contributed by atoms with Gasteiger partial charge in [0.25, 0.3) is 5.69 Å². The second-order valence-electron chi connectivity index (χ2n) is 3.14. The zero-order valence-electron chi connectivity index (χ0n) is 8.12. The normalized spacial score (nSPS) is 10.2. The van der Waals surface area contributed by atoms with Gasteiger partial charge >= 0.3 is 6.01 Å². The molecule has 0 amide bonds. The molecule has 0 aliphatic carbocycles. The summed E-state index contributed by atoms with van der Waals surface area (Å²) in [5, 5.41) is 25.6. The number of para-hydroxylation sites is 1. The van der Waals surface area contributed by atoms with Gasteiger partial charge in [-0.2, -0.15) is 10.1 Å². The highest BCUT2D eigenvalue weighted by atomic mass is 16.6. The van der Waals surface area contributed by atoms with Gasteiger partial charge < -0.3 is 5.11 Å². The topological polar surface area (TPSA) is 105 Å². The minimum absolute atomic E-state index is 0.0202. The Morgan fingerprint density at radius 1 is 1.44 bits per heavy atom. The smallest absolute Gasteiger partial charge is 0.309 e. The molecule has 82 valence electrons. The van der Waals surface area contributed by atoms with E-state index in [2.05, 4.69) is 15.2 Å². The average molecular weight is 220 g/mol. The lowest BCUT2D eigenvalue weighted by molar-refractivity contribution is -0.385. The minimum Gasteiger partial charge on any atom is -0.479 e. The van der Waals surface area contributed by atoms with Crippen molar-refractivity contribution < 1.29 is 10.0 Å². The summed E-state index contributed by atoms with van der Waals surface area (Å²) in [6.07, 6.45) is 0.203. The first-order chi connectivity index (χ1) is 7.66. The Balaban J connectivity index is 2.31. The summed E-state index contributed by atoms with van der Waals surface area (Å²) in [4.78, 5) is 13.9. The van der Waals surface area contributed by atoms with Gasteiger partial charge in [-0.05, 0) is 0 Å².